The van der Waals surface area contributed by atoms with E-state index in [1.807, 2.05) is 24.3 Å². The summed E-state index contributed by atoms with van der Waals surface area (Å²) in [5, 5.41) is 6.71. The molecule has 2 amide bonds. The van der Waals surface area contributed by atoms with Gasteiger partial charge >= 0.3 is 0 Å². The van der Waals surface area contributed by atoms with Crippen LogP contribution < -0.4 is 0 Å². The molecule has 146 valence electrons. The Morgan fingerprint density at radius 2 is 1.72 bits per heavy atom. The Bertz CT molecular complexity index is 1070. The van der Waals surface area contributed by atoms with Crippen LogP contribution in [0.1, 0.15) is 34.5 Å². The molecule has 3 heterocycles. The van der Waals surface area contributed by atoms with Crippen molar-refractivity contribution in [2.24, 2.45) is 16.9 Å². The molecule has 0 spiro atoms. The molecule has 0 N–H and O–H groups in total. The van der Waals surface area contributed by atoms with Crippen LogP contribution in [0.5, 0.6) is 0 Å². The van der Waals surface area contributed by atoms with Crippen molar-refractivity contribution in [2.75, 3.05) is 6.54 Å². The number of carbonyl (C=O) groups excluding carboxylic acids is 3. The first-order valence-electron chi connectivity index (χ1n) is 9.59. The molecular weight excluding hydrogens is 390 g/mol. The number of Topliss-reactive ketones (excluding diaryl/α,β-unsaturated/α-hetero) is 1. The maximum atomic E-state index is 13.5. The van der Waals surface area contributed by atoms with Crippen LogP contribution >= 0.6 is 11.6 Å². The first kappa shape index (κ1) is 18.1. The maximum absolute atomic E-state index is 13.5. The lowest BCUT2D eigenvalue weighted by atomic mass is 9.83. The van der Waals surface area contributed by atoms with Gasteiger partial charge in [-0.2, -0.15) is 5.10 Å². The number of likely N-dealkylation sites (tertiary alicyclic amines) is 1. The van der Waals surface area contributed by atoms with Crippen molar-refractivity contribution >= 4 is 35.4 Å². The van der Waals surface area contributed by atoms with Crippen LogP contribution in [-0.2, 0) is 9.59 Å². The number of ketones is 1. The lowest BCUT2D eigenvalue weighted by molar-refractivity contribution is -0.141. The topological polar surface area (TPSA) is 70.1 Å². The fraction of sp³-hybridized carbons (Fsp3) is 0.273. The fourth-order valence-electron chi connectivity index (χ4n) is 4.83. The van der Waals surface area contributed by atoms with Gasteiger partial charge in [0, 0.05) is 17.1 Å². The molecule has 0 aromatic heterocycles. The number of hydrazone groups is 1. The molecule has 0 saturated carbocycles. The van der Waals surface area contributed by atoms with E-state index in [0.717, 1.165) is 11.1 Å². The minimum atomic E-state index is -0.830. The van der Waals surface area contributed by atoms with Crippen LogP contribution in [0, 0.1) is 11.8 Å². The van der Waals surface area contributed by atoms with Gasteiger partial charge in [0.05, 0.1) is 24.1 Å². The molecule has 7 heteroatoms. The molecule has 0 bridgehead atoms. The smallest absolute Gasteiger partial charge is 0.235 e. The lowest BCUT2D eigenvalue weighted by Crippen LogP contribution is -2.44. The number of rotatable bonds is 3. The number of fused-ring (bicyclic) bond motifs is 5. The zero-order chi connectivity index (χ0) is 20.3. The van der Waals surface area contributed by atoms with Gasteiger partial charge in [0.25, 0.3) is 0 Å². The highest BCUT2D eigenvalue weighted by atomic mass is 35.5. The van der Waals surface area contributed by atoms with Gasteiger partial charge in [0.15, 0.2) is 5.78 Å². The van der Waals surface area contributed by atoms with Gasteiger partial charge < -0.3 is 0 Å². The normalized spacial score (nSPS) is 27.1. The highest BCUT2D eigenvalue weighted by Gasteiger charge is 2.64. The van der Waals surface area contributed by atoms with E-state index in [0.29, 0.717) is 17.1 Å². The monoisotopic (exact) mass is 407 g/mol. The second-order valence-corrected chi connectivity index (χ2v) is 7.92. The summed E-state index contributed by atoms with van der Waals surface area (Å²) >= 11 is 5.96. The van der Waals surface area contributed by atoms with Crippen LogP contribution in [0.3, 0.4) is 0 Å². The van der Waals surface area contributed by atoms with Crippen molar-refractivity contribution in [3.63, 3.8) is 0 Å². The van der Waals surface area contributed by atoms with Gasteiger partial charge in [-0.05, 0) is 42.3 Å². The quantitative estimate of drug-likeness (QED) is 0.579. The molecule has 0 radical (unpaired) electrons. The van der Waals surface area contributed by atoms with Gasteiger partial charge in [-0.1, -0.05) is 35.9 Å². The van der Waals surface area contributed by atoms with Crippen molar-refractivity contribution in [3.05, 3.63) is 70.2 Å². The number of hydrogen-bond acceptors (Lipinski definition) is 5. The number of imide groups is 1. The Balaban J connectivity index is 1.65. The maximum Gasteiger partial charge on any atom is 0.235 e. The first-order valence-corrected chi connectivity index (χ1v) is 9.97. The Morgan fingerprint density at radius 1 is 1.03 bits per heavy atom. The highest BCUT2D eigenvalue weighted by molar-refractivity contribution is 6.30. The number of benzene rings is 2. The van der Waals surface area contributed by atoms with Crippen molar-refractivity contribution in [3.8, 4) is 0 Å². The van der Waals surface area contributed by atoms with E-state index in [9.17, 15) is 14.4 Å². The van der Waals surface area contributed by atoms with Crippen LogP contribution in [0.2, 0.25) is 5.02 Å². The van der Waals surface area contributed by atoms with Crippen molar-refractivity contribution in [1.82, 2.24) is 9.91 Å². The third-order valence-electron chi connectivity index (χ3n) is 6.10. The summed E-state index contributed by atoms with van der Waals surface area (Å²) in [7, 11) is 0. The third kappa shape index (κ3) is 2.48. The highest BCUT2D eigenvalue weighted by Crippen LogP contribution is 2.52. The van der Waals surface area contributed by atoms with E-state index in [1.54, 1.807) is 42.4 Å². The van der Waals surface area contributed by atoms with E-state index in [2.05, 4.69) is 5.10 Å². The molecule has 0 aliphatic carbocycles. The van der Waals surface area contributed by atoms with Crippen molar-refractivity contribution in [1.29, 1.82) is 0 Å². The summed E-state index contributed by atoms with van der Waals surface area (Å²) < 4.78 is 0. The van der Waals surface area contributed by atoms with E-state index in [4.69, 9.17) is 11.6 Å². The minimum Gasteiger partial charge on any atom is -0.292 e. The van der Waals surface area contributed by atoms with Crippen LogP contribution in [0.15, 0.2) is 53.6 Å². The van der Waals surface area contributed by atoms with Crippen LogP contribution in [-0.4, -0.2) is 46.3 Å². The summed E-state index contributed by atoms with van der Waals surface area (Å²) in [6.07, 6.45) is 1.70. The average molecular weight is 408 g/mol. The molecular formula is C22H18ClN3O3. The van der Waals surface area contributed by atoms with E-state index < -0.39 is 23.9 Å². The number of amides is 2. The molecule has 3 aliphatic rings. The van der Waals surface area contributed by atoms with Gasteiger partial charge in [0.2, 0.25) is 11.8 Å². The summed E-state index contributed by atoms with van der Waals surface area (Å²) in [5.74, 6) is -2.12. The molecule has 2 aromatic rings. The van der Waals surface area contributed by atoms with Gasteiger partial charge in [0.1, 0.15) is 6.04 Å². The third-order valence-corrected chi connectivity index (χ3v) is 6.35. The molecule has 0 unspecified atom stereocenters. The summed E-state index contributed by atoms with van der Waals surface area (Å²) in [6.45, 7) is 2.07. The van der Waals surface area contributed by atoms with E-state index >= 15 is 0 Å². The Hall–Kier alpha value is -2.99. The number of halogens is 1. The summed E-state index contributed by atoms with van der Waals surface area (Å²) in [5.41, 5.74) is 2.27. The lowest BCUT2D eigenvalue weighted by Gasteiger charge is -2.33. The SMILES string of the molecule is CCN1C(=O)[C@@H]2[C@H](C1=O)[C@@H]1c3ccccc3C=NN1[C@@H]2C(=O)c1ccc(Cl)cc1. The van der Waals surface area contributed by atoms with Crippen LogP contribution in [0.25, 0.3) is 0 Å². The van der Waals surface area contributed by atoms with E-state index in [1.165, 1.54) is 4.90 Å². The zero-order valence-electron chi connectivity index (χ0n) is 15.7. The standard InChI is InChI=1S/C22H18ClN3O3/c1-2-25-21(28)16-17(22(25)29)19(20(27)12-7-9-14(23)10-8-12)26-18(16)15-6-4-3-5-13(15)11-24-26/h3-11,16-19H,2H2,1H3/t16-,17+,18-,19-/m0/s1. The first-order chi connectivity index (χ1) is 14.0. The Morgan fingerprint density at radius 3 is 2.45 bits per heavy atom. The number of nitrogens with zero attached hydrogens (tertiary/aromatic N) is 3. The molecule has 2 aromatic carbocycles. The predicted molar refractivity (Wildman–Crippen MR) is 108 cm³/mol. The second-order valence-electron chi connectivity index (χ2n) is 7.49. The van der Waals surface area contributed by atoms with Gasteiger partial charge in [-0.25, -0.2) is 0 Å². The second kappa shape index (κ2) is 6.52. The number of hydrogen-bond donors (Lipinski definition) is 0. The molecule has 2 fully saturated rings. The Kier molecular flexibility index (Phi) is 4.06. The number of carbonyl (C=O) groups is 3. The van der Waals surface area contributed by atoms with Crippen LogP contribution in [0.4, 0.5) is 0 Å². The molecule has 5 rings (SSSR count). The zero-order valence-corrected chi connectivity index (χ0v) is 16.4. The average Bonchev–Trinajstić information content (AvgIpc) is 3.21. The fourth-order valence-corrected chi connectivity index (χ4v) is 4.95. The van der Waals surface area contributed by atoms with E-state index in [-0.39, 0.29) is 17.6 Å². The minimum absolute atomic E-state index is 0.226. The Labute approximate surface area is 172 Å². The van der Waals surface area contributed by atoms with Gasteiger partial charge in [-0.3, -0.25) is 24.3 Å². The van der Waals surface area contributed by atoms with Gasteiger partial charge in [-0.15, -0.1) is 0 Å². The molecule has 6 nitrogen and oxygen atoms in total. The molecule has 2 saturated heterocycles. The largest absolute Gasteiger partial charge is 0.292 e. The predicted octanol–water partition coefficient (Wildman–Crippen LogP) is 2.92. The molecule has 3 aliphatic heterocycles. The molecule has 4 atom stereocenters. The molecule has 29 heavy (non-hydrogen) atoms. The van der Waals surface area contributed by atoms with Crippen molar-refractivity contribution < 1.29 is 14.4 Å². The summed E-state index contributed by atoms with van der Waals surface area (Å²) in [4.78, 5) is 41.0. The van der Waals surface area contributed by atoms with Crippen molar-refractivity contribution in [2.45, 2.75) is 19.0 Å². The summed E-state index contributed by atoms with van der Waals surface area (Å²) in [6, 6.07) is 13.0.